The lowest BCUT2D eigenvalue weighted by Crippen LogP contribution is -2.17. The molecule has 126 valence electrons. The van der Waals surface area contributed by atoms with Gasteiger partial charge in [-0.3, -0.25) is 4.79 Å². The van der Waals surface area contributed by atoms with Crippen molar-refractivity contribution in [2.75, 3.05) is 0 Å². The summed E-state index contributed by atoms with van der Waals surface area (Å²) >= 11 is 0. The van der Waals surface area contributed by atoms with Crippen LogP contribution in [0.5, 0.6) is 5.75 Å². The molecule has 0 fully saturated rings. The van der Waals surface area contributed by atoms with Crippen molar-refractivity contribution in [1.82, 2.24) is 5.43 Å². The lowest BCUT2D eigenvalue weighted by Gasteiger charge is -2.08. The monoisotopic (exact) mass is 336 g/mol. The van der Waals surface area contributed by atoms with Crippen LogP contribution in [-0.4, -0.2) is 17.2 Å². The van der Waals surface area contributed by atoms with E-state index in [0.29, 0.717) is 5.56 Å². The highest BCUT2D eigenvalue weighted by Gasteiger charge is 2.30. The minimum absolute atomic E-state index is 0.146. The van der Waals surface area contributed by atoms with Crippen LogP contribution >= 0.6 is 0 Å². The Bertz CT molecular complexity index is 771. The molecule has 0 saturated carbocycles. The second kappa shape index (κ2) is 7.16. The van der Waals surface area contributed by atoms with Crippen LogP contribution in [0.15, 0.2) is 47.6 Å². The zero-order valence-electron chi connectivity index (χ0n) is 12.8. The third-order valence-electron chi connectivity index (χ3n) is 3.32. The molecule has 24 heavy (non-hydrogen) atoms. The lowest BCUT2D eigenvalue weighted by molar-refractivity contribution is -0.137. The molecular weight excluding hydrogens is 321 g/mol. The van der Waals surface area contributed by atoms with Crippen LogP contribution < -0.4 is 5.43 Å². The molecule has 7 heteroatoms. The number of hydrogen-bond acceptors (Lipinski definition) is 3. The van der Waals surface area contributed by atoms with Gasteiger partial charge in [-0.05, 0) is 42.3 Å². The van der Waals surface area contributed by atoms with E-state index in [4.69, 9.17) is 0 Å². The Morgan fingerprint density at radius 1 is 1.25 bits per heavy atom. The van der Waals surface area contributed by atoms with E-state index in [0.717, 1.165) is 36.4 Å². The number of phenols is 1. The van der Waals surface area contributed by atoms with Gasteiger partial charge < -0.3 is 5.11 Å². The number of hydrazone groups is 1. The number of rotatable bonds is 4. The van der Waals surface area contributed by atoms with Gasteiger partial charge in [-0.25, -0.2) is 5.43 Å². The summed E-state index contributed by atoms with van der Waals surface area (Å²) in [4.78, 5) is 11.9. The van der Waals surface area contributed by atoms with E-state index in [-0.39, 0.29) is 11.3 Å². The van der Waals surface area contributed by atoms with Crippen molar-refractivity contribution in [3.8, 4) is 5.75 Å². The van der Waals surface area contributed by atoms with Gasteiger partial charge >= 0.3 is 6.18 Å². The smallest absolute Gasteiger partial charge is 0.416 e. The van der Waals surface area contributed by atoms with E-state index < -0.39 is 17.6 Å². The first-order chi connectivity index (χ1) is 11.3. The molecule has 0 spiro atoms. The molecule has 1 amide bonds. The summed E-state index contributed by atoms with van der Waals surface area (Å²) in [7, 11) is 0. The number of alkyl halides is 3. The fourth-order valence-corrected chi connectivity index (χ4v) is 1.99. The highest BCUT2D eigenvalue weighted by atomic mass is 19.4. The number of amides is 1. The molecule has 0 radical (unpaired) electrons. The molecule has 0 aliphatic heterocycles. The van der Waals surface area contributed by atoms with Gasteiger partial charge in [-0.2, -0.15) is 18.3 Å². The number of nitrogens with one attached hydrogen (secondary N) is 1. The first-order valence-corrected chi connectivity index (χ1v) is 7.14. The molecule has 4 nitrogen and oxygen atoms in total. The third kappa shape index (κ3) is 4.34. The summed E-state index contributed by atoms with van der Waals surface area (Å²) in [6.07, 6.45) is -2.80. The second-order valence-electron chi connectivity index (χ2n) is 5.02. The van der Waals surface area contributed by atoms with Crippen molar-refractivity contribution in [3.63, 3.8) is 0 Å². The van der Waals surface area contributed by atoms with Crippen LogP contribution in [0.3, 0.4) is 0 Å². The highest BCUT2D eigenvalue weighted by Crippen LogP contribution is 2.31. The average Bonchev–Trinajstić information content (AvgIpc) is 2.55. The van der Waals surface area contributed by atoms with Gasteiger partial charge in [-0.1, -0.05) is 19.1 Å². The number of phenolic OH excluding ortho intramolecular Hbond substituents is 1. The summed E-state index contributed by atoms with van der Waals surface area (Å²) < 4.78 is 37.9. The molecule has 0 heterocycles. The SMILES string of the molecule is CCc1cccc(C(=O)N/N=C/c2cc(C(F)(F)F)ccc2O)c1. The summed E-state index contributed by atoms with van der Waals surface area (Å²) in [5.41, 5.74) is 2.53. The van der Waals surface area contributed by atoms with Crippen LogP contribution in [-0.2, 0) is 12.6 Å². The van der Waals surface area contributed by atoms with Crippen molar-refractivity contribution in [1.29, 1.82) is 0 Å². The van der Waals surface area contributed by atoms with Crippen LogP contribution in [0.2, 0.25) is 0 Å². The van der Waals surface area contributed by atoms with Gasteiger partial charge in [0.05, 0.1) is 11.8 Å². The number of halogens is 3. The van der Waals surface area contributed by atoms with Crippen LogP contribution in [0.1, 0.15) is 34.0 Å². The first kappa shape index (κ1) is 17.5. The normalized spacial score (nSPS) is 11.7. The molecule has 0 atom stereocenters. The average molecular weight is 336 g/mol. The molecule has 0 saturated heterocycles. The molecule has 2 aromatic rings. The number of carbonyl (C=O) groups is 1. The Kier molecular flexibility index (Phi) is 5.23. The number of hydrogen-bond donors (Lipinski definition) is 2. The quantitative estimate of drug-likeness (QED) is 0.660. The van der Waals surface area contributed by atoms with E-state index in [2.05, 4.69) is 10.5 Å². The zero-order valence-corrected chi connectivity index (χ0v) is 12.8. The van der Waals surface area contributed by atoms with Gasteiger partial charge in [-0.15, -0.1) is 0 Å². The molecule has 0 unspecified atom stereocenters. The number of aryl methyl sites for hydroxylation is 1. The predicted molar refractivity (Wildman–Crippen MR) is 84.0 cm³/mol. The summed E-state index contributed by atoms with van der Waals surface area (Å²) in [6, 6.07) is 9.36. The van der Waals surface area contributed by atoms with Crippen molar-refractivity contribution in [2.45, 2.75) is 19.5 Å². The standard InChI is InChI=1S/C17H15F3N2O2/c1-2-11-4-3-5-12(8-11)16(24)22-21-10-13-9-14(17(18,19)20)6-7-15(13)23/h3-10,23H,2H2,1H3,(H,22,24)/b21-10+. The van der Waals surface area contributed by atoms with Gasteiger partial charge in [0.1, 0.15) is 5.75 Å². The third-order valence-corrected chi connectivity index (χ3v) is 3.32. The maximum Gasteiger partial charge on any atom is 0.416 e. The van der Waals surface area contributed by atoms with Crippen molar-refractivity contribution in [2.24, 2.45) is 5.10 Å². The Labute approximate surface area is 136 Å². The highest BCUT2D eigenvalue weighted by molar-refractivity contribution is 5.95. The van der Waals surface area contributed by atoms with E-state index in [1.54, 1.807) is 18.2 Å². The molecule has 0 aromatic heterocycles. The summed E-state index contributed by atoms with van der Waals surface area (Å²) in [6.45, 7) is 1.95. The first-order valence-electron chi connectivity index (χ1n) is 7.14. The van der Waals surface area contributed by atoms with Crippen LogP contribution in [0.4, 0.5) is 13.2 Å². The van der Waals surface area contributed by atoms with E-state index in [1.807, 2.05) is 13.0 Å². The van der Waals surface area contributed by atoms with Gasteiger partial charge in [0.25, 0.3) is 5.91 Å². The predicted octanol–water partition coefficient (Wildman–Crippen LogP) is 3.74. The summed E-state index contributed by atoms with van der Waals surface area (Å²) in [5.74, 6) is -0.859. The molecule has 2 aromatic carbocycles. The number of aromatic hydroxyl groups is 1. The Morgan fingerprint density at radius 2 is 2.00 bits per heavy atom. The van der Waals surface area contributed by atoms with E-state index in [9.17, 15) is 23.1 Å². The fraction of sp³-hybridized carbons (Fsp3) is 0.176. The van der Waals surface area contributed by atoms with Crippen LogP contribution in [0, 0.1) is 0 Å². The minimum Gasteiger partial charge on any atom is -0.507 e. The molecule has 0 aliphatic carbocycles. The molecular formula is C17H15F3N2O2. The van der Waals surface area contributed by atoms with Crippen LogP contribution in [0.25, 0.3) is 0 Å². The number of nitrogens with zero attached hydrogens (tertiary/aromatic N) is 1. The van der Waals surface area contributed by atoms with E-state index >= 15 is 0 Å². The number of carbonyl (C=O) groups excluding carboxylic acids is 1. The molecule has 2 N–H and O–H groups in total. The lowest BCUT2D eigenvalue weighted by atomic mass is 10.1. The Morgan fingerprint density at radius 3 is 2.67 bits per heavy atom. The largest absolute Gasteiger partial charge is 0.507 e. The maximum atomic E-state index is 12.6. The zero-order chi connectivity index (χ0) is 17.7. The van der Waals surface area contributed by atoms with Gasteiger partial charge in [0, 0.05) is 11.1 Å². The van der Waals surface area contributed by atoms with Gasteiger partial charge in [0.2, 0.25) is 0 Å². The molecule has 0 aliphatic rings. The number of benzene rings is 2. The topological polar surface area (TPSA) is 61.7 Å². The van der Waals surface area contributed by atoms with Crippen molar-refractivity contribution >= 4 is 12.1 Å². The van der Waals surface area contributed by atoms with Gasteiger partial charge in [0.15, 0.2) is 0 Å². The minimum atomic E-state index is -4.53. The Hall–Kier alpha value is -2.83. The summed E-state index contributed by atoms with van der Waals surface area (Å²) in [5, 5.41) is 13.2. The maximum absolute atomic E-state index is 12.6. The van der Waals surface area contributed by atoms with E-state index in [1.165, 1.54) is 0 Å². The molecule has 2 rings (SSSR count). The van der Waals surface area contributed by atoms with Crippen molar-refractivity contribution < 1.29 is 23.1 Å². The van der Waals surface area contributed by atoms with Crippen molar-refractivity contribution in [3.05, 3.63) is 64.7 Å². The molecule has 0 bridgehead atoms. The fourth-order valence-electron chi connectivity index (χ4n) is 1.99. The Balaban J connectivity index is 2.12. The second-order valence-corrected chi connectivity index (χ2v) is 5.02.